The lowest BCUT2D eigenvalue weighted by Gasteiger charge is -2.38. The minimum absolute atomic E-state index is 0.0962. The molecule has 1 amide bonds. The van der Waals surface area contributed by atoms with Gasteiger partial charge in [-0.2, -0.15) is 0 Å². The van der Waals surface area contributed by atoms with Crippen molar-refractivity contribution < 1.29 is 4.79 Å². The number of amides is 1. The van der Waals surface area contributed by atoms with Crippen LogP contribution in [0.2, 0.25) is 0 Å². The molecule has 1 aromatic carbocycles. The predicted molar refractivity (Wildman–Crippen MR) is 87.5 cm³/mol. The summed E-state index contributed by atoms with van der Waals surface area (Å²) in [6, 6.07) is 8.87. The molecule has 1 heterocycles. The smallest absolute Gasteiger partial charge is 0.239 e. The molecule has 21 heavy (non-hydrogen) atoms. The number of aryl methyl sites for hydroxylation is 1. The Morgan fingerprint density at radius 2 is 2.10 bits per heavy atom. The first-order valence-corrected chi connectivity index (χ1v) is 8.03. The molecule has 3 N–H and O–H groups in total. The quantitative estimate of drug-likeness (QED) is 0.843. The highest BCUT2D eigenvalue weighted by atomic mass is 16.2. The summed E-state index contributed by atoms with van der Waals surface area (Å²) in [5.41, 5.74) is 8.39. The van der Waals surface area contributed by atoms with E-state index in [2.05, 4.69) is 42.3 Å². The Bertz CT molecular complexity index is 471. The number of anilines is 1. The fourth-order valence-corrected chi connectivity index (χ4v) is 3.06. The van der Waals surface area contributed by atoms with E-state index >= 15 is 0 Å². The Balaban J connectivity index is 2.11. The third kappa shape index (κ3) is 3.76. The summed E-state index contributed by atoms with van der Waals surface area (Å²) in [6.45, 7) is 5.20. The molecular formula is C17H27N3O. The second-order valence-electron chi connectivity index (χ2n) is 5.77. The normalized spacial score (nSPS) is 17.7. The van der Waals surface area contributed by atoms with Crippen LogP contribution in [0.5, 0.6) is 0 Å². The predicted octanol–water partition coefficient (Wildman–Crippen LogP) is 2.07. The van der Waals surface area contributed by atoms with Crippen LogP contribution in [-0.2, 0) is 11.2 Å². The number of nitrogens with zero attached hydrogens (tertiary/aromatic N) is 1. The van der Waals surface area contributed by atoms with E-state index in [-0.39, 0.29) is 18.0 Å². The molecule has 1 unspecified atom stereocenters. The van der Waals surface area contributed by atoms with Crippen molar-refractivity contribution in [2.75, 3.05) is 18.0 Å². The van der Waals surface area contributed by atoms with Crippen LogP contribution in [0.25, 0.3) is 0 Å². The van der Waals surface area contributed by atoms with E-state index in [4.69, 9.17) is 5.73 Å². The Morgan fingerprint density at radius 1 is 1.38 bits per heavy atom. The topological polar surface area (TPSA) is 58.4 Å². The molecule has 4 heteroatoms. The first-order chi connectivity index (χ1) is 10.2. The lowest BCUT2D eigenvalue weighted by Crippen LogP contribution is -2.50. The Morgan fingerprint density at radius 3 is 2.76 bits per heavy atom. The van der Waals surface area contributed by atoms with Gasteiger partial charge in [-0.1, -0.05) is 32.0 Å². The molecule has 0 aromatic heterocycles. The van der Waals surface area contributed by atoms with Crippen LogP contribution in [0, 0.1) is 0 Å². The van der Waals surface area contributed by atoms with Gasteiger partial charge in [0.05, 0.1) is 6.54 Å². The molecule has 0 aliphatic carbocycles. The van der Waals surface area contributed by atoms with Crippen molar-refractivity contribution in [1.29, 1.82) is 0 Å². The monoisotopic (exact) mass is 289 g/mol. The van der Waals surface area contributed by atoms with Gasteiger partial charge in [-0.15, -0.1) is 0 Å². The third-order valence-corrected chi connectivity index (χ3v) is 4.43. The van der Waals surface area contributed by atoms with Gasteiger partial charge in [-0.3, -0.25) is 4.79 Å². The first kappa shape index (κ1) is 15.8. The van der Waals surface area contributed by atoms with Crippen molar-refractivity contribution in [1.82, 2.24) is 5.32 Å². The van der Waals surface area contributed by atoms with E-state index in [1.165, 1.54) is 11.3 Å². The Kier molecular flexibility index (Phi) is 5.62. The largest absolute Gasteiger partial charge is 0.358 e. The molecule has 0 bridgehead atoms. The average molecular weight is 289 g/mol. The number of hydrogen-bond donors (Lipinski definition) is 2. The Labute approximate surface area is 127 Å². The lowest BCUT2D eigenvalue weighted by atomic mass is 9.95. The summed E-state index contributed by atoms with van der Waals surface area (Å²) in [5.74, 6) is 0.0962. The van der Waals surface area contributed by atoms with Gasteiger partial charge >= 0.3 is 0 Å². The zero-order valence-corrected chi connectivity index (χ0v) is 13.1. The summed E-state index contributed by atoms with van der Waals surface area (Å²) in [6.07, 6.45) is 4.01. The van der Waals surface area contributed by atoms with Crippen molar-refractivity contribution in [3.05, 3.63) is 29.8 Å². The van der Waals surface area contributed by atoms with Gasteiger partial charge < -0.3 is 16.0 Å². The van der Waals surface area contributed by atoms with Crippen LogP contribution < -0.4 is 16.0 Å². The lowest BCUT2D eigenvalue weighted by molar-refractivity contribution is -0.120. The van der Waals surface area contributed by atoms with E-state index < -0.39 is 0 Å². The molecule has 0 saturated heterocycles. The molecule has 1 aliphatic rings. The SMILES string of the molecule is CCC(CC)NC(=O)CN1c2ccccc2CCC1CN. The van der Waals surface area contributed by atoms with Crippen LogP contribution >= 0.6 is 0 Å². The highest BCUT2D eigenvalue weighted by molar-refractivity contribution is 5.82. The minimum atomic E-state index is 0.0962. The third-order valence-electron chi connectivity index (χ3n) is 4.43. The average Bonchev–Trinajstić information content (AvgIpc) is 2.53. The number of carbonyl (C=O) groups excluding carboxylic acids is 1. The van der Waals surface area contributed by atoms with Gasteiger partial charge in [0.25, 0.3) is 0 Å². The highest BCUT2D eigenvalue weighted by Gasteiger charge is 2.26. The van der Waals surface area contributed by atoms with Crippen LogP contribution in [0.15, 0.2) is 24.3 Å². The van der Waals surface area contributed by atoms with Gasteiger partial charge in [0, 0.05) is 24.3 Å². The fourth-order valence-electron chi connectivity index (χ4n) is 3.06. The number of carbonyl (C=O) groups is 1. The van der Waals surface area contributed by atoms with Crippen molar-refractivity contribution in [3.8, 4) is 0 Å². The number of nitrogens with one attached hydrogen (secondary N) is 1. The van der Waals surface area contributed by atoms with E-state index in [1.54, 1.807) is 0 Å². The molecule has 0 saturated carbocycles. The molecule has 0 spiro atoms. The molecule has 116 valence electrons. The number of rotatable bonds is 6. The number of benzene rings is 1. The molecule has 1 aliphatic heterocycles. The van der Waals surface area contributed by atoms with Gasteiger partial charge in [0.2, 0.25) is 5.91 Å². The van der Waals surface area contributed by atoms with Crippen LogP contribution in [-0.4, -0.2) is 31.1 Å². The van der Waals surface area contributed by atoms with Crippen molar-refractivity contribution >= 4 is 11.6 Å². The maximum absolute atomic E-state index is 12.3. The van der Waals surface area contributed by atoms with Crippen LogP contribution in [0.3, 0.4) is 0 Å². The zero-order valence-electron chi connectivity index (χ0n) is 13.1. The molecule has 4 nitrogen and oxygen atoms in total. The standard InChI is InChI=1S/C17H27N3O/c1-3-14(4-2)19-17(21)12-20-15(11-18)10-9-13-7-5-6-8-16(13)20/h5-8,14-15H,3-4,9-12,18H2,1-2H3,(H,19,21). The summed E-state index contributed by atoms with van der Waals surface area (Å²) in [4.78, 5) is 14.5. The molecule has 0 radical (unpaired) electrons. The first-order valence-electron chi connectivity index (χ1n) is 8.03. The second kappa shape index (κ2) is 7.46. The summed E-state index contributed by atoms with van der Waals surface area (Å²) in [5, 5.41) is 3.12. The summed E-state index contributed by atoms with van der Waals surface area (Å²) >= 11 is 0. The summed E-state index contributed by atoms with van der Waals surface area (Å²) in [7, 11) is 0. The maximum atomic E-state index is 12.3. The van der Waals surface area contributed by atoms with E-state index in [0.29, 0.717) is 13.1 Å². The maximum Gasteiger partial charge on any atom is 0.239 e. The molecule has 1 aromatic rings. The highest BCUT2D eigenvalue weighted by Crippen LogP contribution is 2.29. The number of hydrogen-bond acceptors (Lipinski definition) is 3. The zero-order chi connectivity index (χ0) is 15.2. The number of fused-ring (bicyclic) bond motifs is 1. The fraction of sp³-hybridized carbons (Fsp3) is 0.588. The number of nitrogens with two attached hydrogens (primary N) is 1. The second-order valence-corrected chi connectivity index (χ2v) is 5.77. The molecule has 2 rings (SSSR count). The van der Waals surface area contributed by atoms with E-state index in [9.17, 15) is 4.79 Å². The van der Waals surface area contributed by atoms with Crippen LogP contribution in [0.1, 0.15) is 38.7 Å². The van der Waals surface area contributed by atoms with Gasteiger partial charge in [-0.05, 0) is 37.3 Å². The Hall–Kier alpha value is -1.55. The summed E-state index contributed by atoms with van der Waals surface area (Å²) < 4.78 is 0. The minimum Gasteiger partial charge on any atom is -0.358 e. The van der Waals surface area contributed by atoms with Gasteiger partial charge in [-0.25, -0.2) is 0 Å². The van der Waals surface area contributed by atoms with E-state index in [0.717, 1.165) is 25.7 Å². The molecule has 1 atom stereocenters. The van der Waals surface area contributed by atoms with E-state index in [1.807, 2.05) is 6.07 Å². The van der Waals surface area contributed by atoms with Crippen molar-refractivity contribution in [2.24, 2.45) is 5.73 Å². The van der Waals surface area contributed by atoms with Gasteiger partial charge in [0.1, 0.15) is 0 Å². The number of para-hydroxylation sites is 1. The molecular weight excluding hydrogens is 262 g/mol. The van der Waals surface area contributed by atoms with Crippen LogP contribution in [0.4, 0.5) is 5.69 Å². The van der Waals surface area contributed by atoms with Crippen molar-refractivity contribution in [2.45, 2.75) is 51.6 Å². The van der Waals surface area contributed by atoms with Gasteiger partial charge in [0.15, 0.2) is 0 Å². The van der Waals surface area contributed by atoms with Crippen molar-refractivity contribution in [3.63, 3.8) is 0 Å². The molecule has 0 fully saturated rings.